The van der Waals surface area contributed by atoms with Crippen molar-refractivity contribution in [3.63, 3.8) is 0 Å². The monoisotopic (exact) mass is 321 g/mol. The number of nitrogens with one attached hydrogen (secondary N) is 1. The van der Waals surface area contributed by atoms with Gasteiger partial charge in [0.2, 0.25) is 5.65 Å². The van der Waals surface area contributed by atoms with Gasteiger partial charge in [-0.05, 0) is 41.1 Å². The summed E-state index contributed by atoms with van der Waals surface area (Å²) >= 11 is 0. The molecule has 2 heterocycles. The Kier molecular flexibility index (Phi) is 3.05. The Bertz CT molecular complexity index is 1090. The van der Waals surface area contributed by atoms with E-state index in [-0.39, 0.29) is 5.69 Å². The summed E-state index contributed by atoms with van der Waals surface area (Å²) in [6.07, 6.45) is 0. The highest BCUT2D eigenvalue weighted by Crippen LogP contribution is 2.26. The number of nitro benzene ring substituents is 1. The van der Waals surface area contributed by atoms with Crippen molar-refractivity contribution in [2.75, 3.05) is 5.32 Å². The molecule has 1 N–H and O–H groups in total. The second-order valence-corrected chi connectivity index (χ2v) is 5.24. The van der Waals surface area contributed by atoms with Gasteiger partial charge in [-0.2, -0.15) is 4.52 Å². The maximum Gasteiger partial charge on any atom is 0.269 e. The topological polar surface area (TPSA) is 111 Å². The van der Waals surface area contributed by atoms with Crippen LogP contribution in [0.1, 0.15) is 5.56 Å². The van der Waals surface area contributed by atoms with Crippen molar-refractivity contribution in [3.8, 4) is 0 Å². The number of aryl methyl sites for hydroxylation is 1. The maximum atomic E-state index is 10.9. The van der Waals surface area contributed by atoms with Gasteiger partial charge in [0.05, 0.1) is 16.0 Å². The number of anilines is 2. The third-order valence-corrected chi connectivity index (χ3v) is 3.70. The minimum atomic E-state index is -0.425. The van der Waals surface area contributed by atoms with Crippen LogP contribution >= 0.6 is 0 Å². The van der Waals surface area contributed by atoms with E-state index in [1.54, 1.807) is 17.5 Å². The highest BCUT2D eigenvalue weighted by Gasteiger charge is 2.14. The molecule has 24 heavy (non-hydrogen) atoms. The van der Waals surface area contributed by atoms with E-state index in [0.717, 1.165) is 16.6 Å². The molecule has 118 valence electrons. The molecule has 0 radical (unpaired) electrons. The number of aromatic nitrogens is 5. The van der Waals surface area contributed by atoms with E-state index in [4.69, 9.17) is 0 Å². The first-order valence-corrected chi connectivity index (χ1v) is 7.12. The Morgan fingerprint density at radius 3 is 2.83 bits per heavy atom. The summed E-state index contributed by atoms with van der Waals surface area (Å²) in [5.41, 5.74) is 3.48. The van der Waals surface area contributed by atoms with Gasteiger partial charge in [0.1, 0.15) is 0 Å². The lowest BCUT2D eigenvalue weighted by Crippen LogP contribution is -2.02. The van der Waals surface area contributed by atoms with E-state index in [2.05, 4.69) is 25.8 Å². The van der Waals surface area contributed by atoms with Gasteiger partial charge >= 0.3 is 0 Å². The van der Waals surface area contributed by atoms with Crippen molar-refractivity contribution in [1.29, 1.82) is 0 Å². The van der Waals surface area contributed by atoms with Crippen LogP contribution in [0.4, 0.5) is 17.2 Å². The van der Waals surface area contributed by atoms with Gasteiger partial charge < -0.3 is 5.32 Å². The minimum Gasteiger partial charge on any atom is -0.337 e. The first-order chi connectivity index (χ1) is 11.6. The van der Waals surface area contributed by atoms with Crippen LogP contribution < -0.4 is 5.32 Å². The van der Waals surface area contributed by atoms with Gasteiger partial charge in [0.25, 0.3) is 5.69 Å². The summed E-state index contributed by atoms with van der Waals surface area (Å²) in [5.74, 6) is 0.482. The zero-order chi connectivity index (χ0) is 16.7. The molecule has 9 heteroatoms. The molecule has 9 nitrogen and oxygen atoms in total. The molecule has 0 atom stereocenters. The fourth-order valence-corrected chi connectivity index (χ4v) is 2.52. The molecule has 0 amide bonds. The van der Waals surface area contributed by atoms with Crippen molar-refractivity contribution in [2.24, 2.45) is 0 Å². The van der Waals surface area contributed by atoms with E-state index < -0.39 is 4.92 Å². The molecule has 0 fully saturated rings. The Morgan fingerprint density at radius 1 is 1.21 bits per heavy atom. The SMILES string of the molecule is Cc1cc([N+](=O)[O-])ccc1Nc1nc2ccccc2n2nnnc12. The second-order valence-electron chi connectivity index (χ2n) is 5.24. The first kappa shape index (κ1) is 14.0. The number of tetrazole rings is 1. The number of non-ortho nitro benzene ring substituents is 1. The summed E-state index contributed by atoms with van der Waals surface area (Å²) in [4.78, 5) is 15.0. The number of fused-ring (bicyclic) bond motifs is 3. The third kappa shape index (κ3) is 2.19. The van der Waals surface area contributed by atoms with Crippen LogP contribution in [-0.2, 0) is 0 Å². The minimum absolute atomic E-state index is 0.0406. The third-order valence-electron chi connectivity index (χ3n) is 3.70. The molecule has 0 aliphatic rings. The molecule has 0 aliphatic carbocycles. The predicted molar refractivity (Wildman–Crippen MR) is 87.2 cm³/mol. The van der Waals surface area contributed by atoms with Crippen molar-refractivity contribution < 1.29 is 4.92 Å². The highest BCUT2D eigenvalue weighted by molar-refractivity contribution is 5.83. The van der Waals surface area contributed by atoms with Gasteiger partial charge in [0, 0.05) is 17.8 Å². The van der Waals surface area contributed by atoms with Gasteiger partial charge in [-0.3, -0.25) is 10.1 Å². The number of benzene rings is 2. The number of hydrogen-bond donors (Lipinski definition) is 1. The molecular formula is C15H11N7O2. The Labute approximate surface area is 135 Å². The summed E-state index contributed by atoms with van der Waals surface area (Å²) in [6, 6.07) is 12.1. The smallest absolute Gasteiger partial charge is 0.269 e. The number of nitrogens with zero attached hydrogens (tertiary/aromatic N) is 6. The summed E-state index contributed by atoms with van der Waals surface area (Å²) < 4.78 is 1.60. The Morgan fingerprint density at radius 2 is 2.04 bits per heavy atom. The lowest BCUT2D eigenvalue weighted by molar-refractivity contribution is -0.384. The molecule has 4 rings (SSSR count). The number of rotatable bonds is 3. The van der Waals surface area contributed by atoms with Gasteiger partial charge in [-0.25, -0.2) is 4.98 Å². The van der Waals surface area contributed by atoms with Crippen LogP contribution in [0.25, 0.3) is 16.7 Å². The van der Waals surface area contributed by atoms with Crippen LogP contribution in [0.5, 0.6) is 0 Å². The Hall–Kier alpha value is -3.62. The lowest BCUT2D eigenvalue weighted by Gasteiger charge is -2.10. The van der Waals surface area contributed by atoms with Gasteiger partial charge in [-0.1, -0.05) is 12.1 Å². The molecule has 0 spiro atoms. The van der Waals surface area contributed by atoms with Gasteiger partial charge in [0.15, 0.2) is 5.82 Å². The van der Waals surface area contributed by atoms with E-state index in [9.17, 15) is 10.1 Å². The second kappa shape index (κ2) is 5.23. The molecule has 2 aromatic carbocycles. The fraction of sp³-hybridized carbons (Fsp3) is 0.0667. The first-order valence-electron chi connectivity index (χ1n) is 7.12. The van der Waals surface area contributed by atoms with E-state index in [1.807, 2.05) is 24.3 Å². The van der Waals surface area contributed by atoms with Crippen LogP contribution in [0, 0.1) is 17.0 Å². The summed E-state index contributed by atoms with van der Waals surface area (Å²) in [7, 11) is 0. The molecule has 2 aromatic heterocycles. The molecule has 0 saturated carbocycles. The fourth-order valence-electron chi connectivity index (χ4n) is 2.52. The predicted octanol–water partition coefficient (Wildman–Crippen LogP) is 2.63. The average molecular weight is 321 g/mol. The number of nitro groups is 1. The van der Waals surface area contributed by atoms with Crippen molar-refractivity contribution >= 4 is 33.9 Å². The van der Waals surface area contributed by atoms with Crippen LogP contribution in [0.3, 0.4) is 0 Å². The average Bonchev–Trinajstić information content (AvgIpc) is 3.07. The van der Waals surface area contributed by atoms with Crippen molar-refractivity contribution in [2.45, 2.75) is 6.92 Å². The Balaban J connectivity index is 1.84. The van der Waals surface area contributed by atoms with Gasteiger partial charge in [-0.15, -0.1) is 5.10 Å². The number of para-hydroxylation sites is 2. The largest absolute Gasteiger partial charge is 0.337 e. The number of hydrogen-bond acceptors (Lipinski definition) is 7. The molecular weight excluding hydrogens is 310 g/mol. The van der Waals surface area contributed by atoms with Crippen molar-refractivity contribution in [3.05, 3.63) is 58.1 Å². The van der Waals surface area contributed by atoms with Crippen molar-refractivity contribution in [1.82, 2.24) is 25.0 Å². The van der Waals surface area contributed by atoms with E-state index in [0.29, 0.717) is 17.2 Å². The van der Waals surface area contributed by atoms with Crippen LogP contribution in [0.15, 0.2) is 42.5 Å². The highest BCUT2D eigenvalue weighted by atomic mass is 16.6. The molecule has 4 aromatic rings. The van der Waals surface area contributed by atoms with Crippen LogP contribution in [-0.4, -0.2) is 29.9 Å². The summed E-state index contributed by atoms with van der Waals surface area (Å²) in [5, 5.41) is 25.7. The quantitative estimate of drug-likeness (QED) is 0.456. The molecule has 0 unspecified atom stereocenters. The zero-order valence-electron chi connectivity index (χ0n) is 12.5. The molecule has 0 bridgehead atoms. The summed E-state index contributed by atoms with van der Waals surface area (Å²) in [6.45, 7) is 1.79. The van der Waals surface area contributed by atoms with E-state index in [1.165, 1.54) is 12.1 Å². The molecule has 0 saturated heterocycles. The van der Waals surface area contributed by atoms with Crippen LogP contribution in [0.2, 0.25) is 0 Å². The van der Waals surface area contributed by atoms with E-state index >= 15 is 0 Å². The zero-order valence-corrected chi connectivity index (χ0v) is 12.5. The standard InChI is InChI=1S/C15H11N7O2/c1-9-8-10(22(23)24)6-7-11(9)16-14-15-18-19-20-21(15)13-5-3-2-4-12(13)17-14/h2-8H,1H3,(H,16,17). The normalized spacial score (nSPS) is 11.0. The molecule has 0 aliphatic heterocycles. The lowest BCUT2D eigenvalue weighted by atomic mass is 10.2. The maximum absolute atomic E-state index is 10.9.